The quantitative estimate of drug-likeness (QED) is 0.570. The number of halogens is 3. The summed E-state index contributed by atoms with van der Waals surface area (Å²) in [5.41, 5.74) is 1.65. The predicted molar refractivity (Wildman–Crippen MR) is 109 cm³/mol. The number of nitrogens with zero attached hydrogens (tertiary/aromatic N) is 1. The van der Waals surface area contributed by atoms with Crippen molar-refractivity contribution in [1.82, 2.24) is 5.32 Å². The maximum Gasteiger partial charge on any atom is 0.458 e. The molecule has 31 heavy (non-hydrogen) atoms. The van der Waals surface area contributed by atoms with Crippen LogP contribution in [-0.4, -0.2) is 28.8 Å². The Balaban J connectivity index is 1.40. The van der Waals surface area contributed by atoms with Gasteiger partial charge in [0, 0.05) is 11.9 Å². The molecule has 3 aromatic carbocycles. The van der Waals surface area contributed by atoms with Crippen LogP contribution < -0.4 is 10.6 Å². The van der Waals surface area contributed by atoms with Crippen LogP contribution in [0.2, 0.25) is 0 Å². The fraction of sp³-hybridized carbons (Fsp3) is 0.182. The monoisotopic (exact) mass is 429 g/mol. The van der Waals surface area contributed by atoms with E-state index >= 15 is 0 Å². The lowest BCUT2D eigenvalue weighted by atomic mass is 10.0. The first-order valence-corrected chi connectivity index (χ1v) is 9.41. The van der Waals surface area contributed by atoms with E-state index in [4.69, 9.17) is 0 Å². The summed E-state index contributed by atoms with van der Waals surface area (Å²) in [6.07, 6.45) is -5.77. The van der Waals surface area contributed by atoms with Gasteiger partial charge in [0.1, 0.15) is 0 Å². The van der Waals surface area contributed by atoms with Crippen molar-refractivity contribution in [3.05, 3.63) is 77.9 Å². The summed E-state index contributed by atoms with van der Waals surface area (Å²) in [4.78, 5) is 16.6. The summed E-state index contributed by atoms with van der Waals surface area (Å²) in [6, 6.07) is 19.3. The van der Waals surface area contributed by atoms with Crippen molar-refractivity contribution in [2.75, 3.05) is 5.32 Å². The van der Waals surface area contributed by atoms with Crippen LogP contribution in [0.4, 0.5) is 23.7 Å². The van der Waals surface area contributed by atoms with Crippen molar-refractivity contribution in [3.8, 4) is 0 Å². The van der Waals surface area contributed by atoms with Crippen LogP contribution in [0.3, 0.4) is 0 Å². The molecule has 1 atom stereocenters. The number of urea groups is 1. The minimum absolute atomic E-state index is 0.0260. The topological polar surface area (TPSA) is 83.0 Å². The van der Waals surface area contributed by atoms with Gasteiger partial charge < -0.3 is 20.6 Å². The van der Waals surface area contributed by atoms with Gasteiger partial charge in [-0.15, -0.1) is 0 Å². The third-order valence-electron chi connectivity index (χ3n) is 4.91. The van der Waals surface area contributed by atoms with Gasteiger partial charge in [-0.05, 0) is 28.6 Å². The van der Waals surface area contributed by atoms with Crippen LogP contribution in [0.5, 0.6) is 0 Å². The number of hydrogen-bond donors (Lipinski definition) is 3. The maximum atomic E-state index is 12.9. The molecule has 2 amide bonds. The second-order valence-electron chi connectivity index (χ2n) is 7.12. The van der Waals surface area contributed by atoms with Gasteiger partial charge in [-0.3, -0.25) is 0 Å². The molecule has 0 saturated carbocycles. The zero-order valence-electron chi connectivity index (χ0n) is 16.1. The number of amides is 2. The standard InChI is InChI=1S/C22H18F3N3O3/c23-22(24,25)21(30)12-19(28-31-21)16-8-3-5-14(11-16)13-26-20(29)27-18-10-4-7-15-6-1-2-9-17(15)18/h1-11,30H,12-13H2,(H2,26,27,29). The lowest BCUT2D eigenvalue weighted by molar-refractivity contribution is -0.355. The Hall–Kier alpha value is -3.59. The molecule has 1 unspecified atom stereocenters. The minimum Gasteiger partial charge on any atom is -0.350 e. The Bertz CT molecular complexity index is 1160. The van der Waals surface area contributed by atoms with Crippen LogP contribution >= 0.6 is 0 Å². The van der Waals surface area contributed by atoms with Gasteiger partial charge >= 0.3 is 18.0 Å². The number of fused-ring (bicyclic) bond motifs is 1. The summed E-state index contributed by atoms with van der Waals surface area (Å²) in [7, 11) is 0. The van der Waals surface area contributed by atoms with Crippen LogP contribution in [0.25, 0.3) is 10.8 Å². The SMILES string of the molecule is O=C(NCc1cccc(C2=NOC(O)(C(F)(F)F)C2)c1)Nc1cccc2ccccc12. The highest BCUT2D eigenvalue weighted by molar-refractivity contribution is 6.02. The number of alkyl halides is 3. The number of benzene rings is 3. The third kappa shape index (κ3) is 4.31. The van der Waals surface area contributed by atoms with Crippen molar-refractivity contribution < 1.29 is 27.9 Å². The number of carbonyl (C=O) groups is 1. The average molecular weight is 429 g/mol. The number of oxime groups is 1. The fourth-order valence-electron chi connectivity index (χ4n) is 3.27. The van der Waals surface area contributed by atoms with E-state index in [1.54, 1.807) is 30.3 Å². The second kappa shape index (κ2) is 7.92. The zero-order chi connectivity index (χ0) is 22.1. The third-order valence-corrected chi connectivity index (χ3v) is 4.91. The smallest absolute Gasteiger partial charge is 0.350 e. The zero-order valence-corrected chi connectivity index (χ0v) is 16.1. The Kier molecular flexibility index (Phi) is 5.28. The minimum atomic E-state index is -4.96. The molecule has 9 heteroatoms. The summed E-state index contributed by atoms with van der Waals surface area (Å²) in [5, 5.41) is 20.4. The van der Waals surface area contributed by atoms with Gasteiger partial charge in [-0.1, -0.05) is 59.8 Å². The van der Waals surface area contributed by atoms with Gasteiger partial charge in [-0.25, -0.2) is 4.79 Å². The van der Waals surface area contributed by atoms with E-state index in [0.29, 0.717) is 16.8 Å². The van der Waals surface area contributed by atoms with Crippen LogP contribution in [-0.2, 0) is 11.4 Å². The normalized spacial score (nSPS) is 18.4. The molecule has 3 aromatic rings. The van der Waals surface area contributed by atoms with Crippen molar-refractivity contribution in [1.29, 1.82) is 0 Å². The number of anilines is 1. The molecule has 0 bridgehead atoms. The molecule has 6 nitrogen and oxygen atoms in total. The van der Waals surface area contributed by atoms with E-state index in [2.05, 4.69) is 20.6 Å². The lowest BCUT2D eigenvalue weighted by Gasteiger charge is -2.22. The van der Waals surface area contributed by atoms with E-state index in [1.807, 2.05) is 36.4 Å². The molecule has 160 valence electrons. The van der Waals surface area contributed by atoms with Gasteiger partial charge in [0.25, 0.3) is 0 Å². The largest absolute Gasteiger partial charge is 0.458 e. The Morgan fingerprint density at radius 2 is 1.84 bits per heavy atom. The molecule has 0 aliphatic carbocycles. The first-order chi connectivity index (χ1) is 14.7. The highest BCUT2D eigenvalue weighted by Crippen LogP contribution is 2.39. The first-order valence-electron chi connectivity index (χ1n) is 9.41. The molecule has 1 heterocycles. The Morgan fingerprint density at radius 3 is 2.61 bits per heavy atom. The number of rotatable bonds is 4. The van der Waals surface area contributed by atoms with Crippen molar-refractivity contribution >= 4 is 28.2 Å². The summed E-state index contributed by atoms with van der Waals surface area (Å²) in [6.45, 7) is 0.141. The van der Waals surface area contributed by atoms with Gasteiger partial charge in [0.15, 0.2) is 0 Å². The fourth-order valence-corrected chi connectivity index (χ4v) is 3.27. The van der Waals surface area contributed by atoms with Gasteiger partial charge in [0.05, 0.1) is 17.8 Å². The van der Waals surface area contributed by atoms with E-state index in [-0.39, 0.29) is 12.3 Å². The molecular weight excluding hydrogens is 411 g/mol. The molecule has 3 N–H and O–H groups in total. The highest BCUT2D eigenvalue weighted by Gasteiger charge is 2.60. The second-order valence-corrected chi connectivity index (χ2v) is 7.12. The molecule has 1 aliphatic heterocycles. The molecular formula is C22H18F3N3O3. The Labute approximate surface area is 175 Å². The van der Waals surface area contributed by atoms with Crippen LogP contribution in [0, 0.1) is 0 Å². The van der Waals surface area contributed by atoms with Crippen molar-refractivity contribution in [2.45, 2.75) is 24.9 Å². The van der Waals surface area contributed by atoms with E-state index < -0.39 is 24.4 Å². The molecule has 0 saturated heterocycles. The number of hydrogen-bond acceptors (Lipinski definition) is 4. The number of nitrogens with one attached hydrogen (secondary N) is 2. The summed E-state index contributed by atoms with van der Waals surface area (Å²) in [5.74, 6) is -3.32. The molecule has 0 aromatic heterocycles. The summed E-state index contributed by atoms with van der Waals surface area (Å²) < 4.78 is 38.7. The van der Waals surface area contributed by atoms with Crippen molar-refractivity contribution in [2.24, 2.45) is 5.16 Å². The van der Waals surface area contributed by atoms with Gasteiger partial charge in [-0.2, -0.15) is 13.2 Å². The lowest BCUT2D eigenvalue weighted by Crippen LogP contribution is -2.45. The molecule has 0 fully saturated rings. The maximum absolute atomic E-state index is 12.9. The van der Waals surface area contributed by atoms with E-state index in [1.165, 1.54) is 0 Å². The number of aliphatic hydroxyl groups is 1. The van der Waals surface area contributed by atoms with Gasteiger partial charge in [0.2, 0.25) is 0 Å². The highest BCUT2D eigenvalue weighted by atomic mass is 19.4. The van der Waals surface area contributed by atoms with E-state index in [9.17, 15) is 23.1 Å². The number of carbonyl (C=O) groups excluding carboxylic acids is 1. The molecule has 0 spiro atoms. The molecule has 0 radical (unpaired) electrons. The van der Waals surface area contributed by atoms with Crippen molar-refractivity contribution in [3.63, 3.8) is 0 Å². The van der Waals surface area contributed by atoms with Crippen LogP contribution in [0.15, 0.2) is 71.9 Å². The molecule has 1 aliphatic rings. The predicted octanol–water partition coefficient (Wildman–Crippen LogP) is 4.54. The molecule has 4 rings (SSSR count). The first kappa shape index (κ1) is 20.7. The summed E-state index contributed by atoms with van der Waals surface area (Å²) >= 11 is 0. The average Bonchev–Trinajstić information content (AvgIpc) is 3.16. The Morgan fingerprint density at radius 1 is 1.10 bits per heavy atom. The van der Waals surface area contributed by atoms with E-state index in [0.717, 1.165) is 10.8 Å². The van der Waals surface area contributed by atoms with Crippen LogP contribution in [0.1, 0.15) is 17.5 Å².